The van der Waals surface area contributed by atoms with E-state index < -0.39 is 17.2 Å². The molecule has 0 amide bonds. The molecule has 0 atom stereocenters. The van der Waals surface area contributed by atoms with Gasteiger partial charge in [-0.25, -0.2) is 0 Å². The minimum absolute atomic E-state index is 0.350. The van der Waals surface area contributed by atoms with Crippen LogP contribution in [-0.2, 0) is 9.59 Å². The summed E-state index contributed by atoms with van der Waals surface area (Å²) in [6.45, 7) is 1.92. The number of nitrogens with two attached hydrogens (primary N) is 1. The zero-order valence-electron chi connectivity index (χ0n) is 6.05. The number of carbonyl (C=O) groups is 2. The second-order valence-corrected chi connectivity index (χ2v) is 2.18. The van der Waals surface area contributed by atoms with Crippen LogP contribution in [0.25, 0.3) is 0 Å². The van der Waals surface area contributed by atoms with Gasteiger partial charge in [-0.2, -0.15) is 0 Å². The van der Waals surface area contributed by atoms with E-state index in [1.54, 1.807) is 0 Å². The summed E-state index contributed by atoms with van der Waals surface area (Å²) in [5.41, 5.74) is 3.06. The fourth-order valence-corrected chi connectivity index (χ4v) is 0.535. The summed E-state index contributed by atoms with van der Waals surface area (Å²) >= 11 is 0. The second kappa shape index (κ2) is 2.90. The maximum absolute atomic E-state index is 10.6. The quantitative estimate of drug-likeness (QED) is 0.491. The third-order valence-electron chi connectivity index (χ3n) is 1.46. The van der Waals surface area contributed by atoms with Crippen LogP contribution in [0.2, 0.25) is 0 Å². The molecule has 0 spiro atoms. The van der Waals surface area contributed by atoms with Gasteiger partial charge in [-0.3, -0.25) is 9.59 Å². The zero-order chi connectivity index (χ0) is 8.36. The molecule has 4 heteroatoms. The number of hydrogen-bond acceptors (Lipinski definition) is 4. The molecule has 3 N–H and O–H groups in total. The van der Waals surface area contributed by atoms with Crippen molar-refractivity contribution >= 4 is 11.6 Å². The van der Waals surface area contributed by atoms with Crippen LogP contribution in [-0.4, -0.2) is 28.8 Å². The largest absolute Gasteiger partial charge is 0.374 e. The van der Waals surface area contributed by atoms with Crippen LogP contribution < -0.4 is 5.73 Å². The van der Waals surface area contributed by atoms with E-state index in [2.05, 4.69) is 0 Å². The molecule has 0 saturated heterocycles. The van der Waals surface area contributed by atoms with Gasteiger partial charge in [0.05, 0.1) is 0 Å². The lowest BCUT2D eigenvalue weighted by molar-refractivity contribution is -0.147. The van der Waals surface area contributed by atoms with Gasteiger partial charge in [0.1, 0.15) is 0 Å². The first kappa shape index (κ1) is 9.26. The fourth-order valence-electron chi connectivity index (χ4n) is 0.535. The molecular weight excluding hydrogens is 134 g/mol. The van der Waals surface area contributed by atoms with Crippen molar-refractivity contribution in [2.75, 3.05) is 6.54 Å². The number of rotatable bonds is 3. The summed E-state index contributed by atoms with van der Waals surface area (Å²) in [6, 6.07) is 0. The normalized spacial score (nSPS) is 11.2. The molecule has 58 valence electrons. The first-order valence-corrected chi connectivity index (χ1v) is 2.89. The van der Waals surface area contributed by atoms with Crippen molar-refractivity contribution in [2.45, 2.75) is 19.4 Å². The molecule has 0 heterocycles. The highest BCUT2D eigenvalue weighted by molar-refractivity contribution is 6.08. The number of hydrogen-bond donors (Lipinski definition) is 2. The van der Waals surface area contributed by atoms with Crippen molar-refractivity contribution in [1.29, 1.82) is 0 Å². The fraction of sp³-hybridized carbons (Fsp3) is 0.667. The van der Waals surface area contributed by atoms with Gasteiger partial charge in [0.15, 0.2) is 17.2 Å². The van der Waals surface area contributed by atoms with Crippen LogP contribution in [0.15, 0.2) is 0 Å². The van der Waals surface area contributed by atoms with Gasteiger partial charge in [0.25, 0.3) is 0 Å². The average molecular weight is 145 g/mol. The standard InChI is InChI=1S/C6H11NO3/c1-4(8)6(10,3-7)5(2)9/h10H,3,7H2,1-2H3. The van der Waals surface area contributed by atoms with Crippen molar-refractivity contribution in [3.8, 4) is 0 Å². The minimum Gasteiger partial charge on any atom is -0.374 e. The molecule has 0 aliphatic heterocycles. The molecule has 0 aromatic carbocycles. The van der Waals surface area contributed by atoms with Crippen molar-refractivity contribution in [2.24, 2.45) is 5.73 Å². The smallest absolute Gasteiger partial charge is 0.192 e. The van der Waals surface area contributed by atoms with E-state index in [9.17, 15) is 9.59 Å². The van der Waals surface area contributed by atoms with Crippen LogP contribution in [0.5, 0.6) is 0 Å². The Hall–Kier alpha value is -0.740. The summed E-state index contributed by atoms with van der Waals surface area (Å²) in [5.74, 6) is -1.22. The van der Waals surface area contributed by atoms with E-state index in [0.29, 0.717) is 0 Å². The minimum atomic E-state index is -1.96. The zero-order valence-corrected chi connectivity index (χ0v) is 6.05. The summed E-state index contributed by atoms with van der Waals surface area (Å²) in [7, 11) is 0. The summed E-state index contributed by atoms with van der Waals surface area (Å²) < 4.78 is 0. The van der Waals surface area contributed by atoms with E-state index in [4.69, 9.17) is 10.8 Å². The molecule has 0 unspecified atom stereocenters. The van der Waals surface area contributed by atoms with Gasteiger partial charge in [-0.05, 0) is 13.8 Å². The van der Waals surface area contributed by atoms with Gasteiger partial charge < -0.3 is 10.8 Å². The van der Waals surface area contributed by atoms with E-state index in [1.807, 2.05) is 0 Å². The summed E-state index contributed by atoms with van der Waals surface area (Å²) in [4.78, 5) is 21.2. The Morgan fingerprint density at radius 3 is 1.70 bits per heavy atom. The highest BCUT2D eigenvalue weighted by atomic mass is 16.3. The lowest BCUT2D eigenvalue weighted by Gasteiger charge is -2.18. The molecule has 0 aliphatic carbocycles. The molecule has 0 bridgehead atoms. The van der Waals surface area contributed by atoms with Crippen molar-refractivity contribution in [3.63, 3.8) is 0 Å². The number of aliphatic hydroxyl groups is 1. The highest BCUT2D eigenvalue weighted by Crippen LogP contribution is 2.04. The van der Waals surface area contributed by atoms with Crippen LogP contribution in [0, 0.1) is 0 Å². The van der Waals surface area contributed by atoms with E-state index >= 15 is 0 Å². The SMILES string of the molecule is CC(=O)C(O)(CN)C(C)=O. The first-order valence-electron chi connectivity index (χ1n) is 2.89. The van der Waals surface area contributed by atoms with E-state index in [1.165, 1.54) is 0 Å². The van der Waals surface area contributed by atoms with Crippen LogP contribution in [0.3, 0.4) is 0 Å². The Kier molecular flexibility index (Phi) is 2.68. The molecule has 4 nitrogen and oxygen atoms in total. The van der Waals surface area contributed by atoms with Gasteiger partial charge in [-0.15, -0.1) is 0 Å². The molecule has 0 fully saturated rings. The molecule has 0 aromatic rings. The average Bonchev–Trinajstić information content (AvgIpc) is 1.85. The Morgan fingerprint density at radius 1 is 1.40 bits per heavy atom. The predicted molar refractivity (Wildman–Crippen MR) is 35.4 cm³/mol. The van der Waals surface area contributed by atoms with Gasteiger partial charge in [0, 0.05) is 6.54 Å². The third kappa shape index (κ3) is 1.40. The second-order valence-electron chi connectivity index (χ2n) is 2.18. The molecule has 0 rings (SSSR count). The molecule has 10 heavy (non-hydrogen) atoms. The van der Waals surface area contributed by atoms with Gasteiger partial charge in [-0.1, -0.05) is 0 Å². The predicted octanol–water partition coefficient (Wildman–Crippen LogP) is -1.15. The molecule has 0 aliphatic rings. The number of Topliss-reactive ketones (excluding diaryl/α,β-unsaturated/α-hetero) is 2. The van der Waals surface area contributed by atoms with Crippen LogP contribution in [0.4, 0.5) is 0 Å². The molecule has 0 radical (unpaired) electrons. The van der Waals surface area contributed by atoms with E-state index in [-0.39, 0.29) is 6.54 Å². The van der Waals surface area contributed by atoms with Crippen molar-refractivity contribution < 1.29 is 14.7 Å². The molecule has 0 aromatic heterocycles. The summed E-state index contributed by atoms with van der Waals surface area (Å²) in [6.07, 6.45) is 0. The maximum Gasteiger partial charge on any atom is 0.192 e. The Bertz CT molecular complexity index is 150. The van der Waals surface area contributed by atoms with E-state index in [0.717, 1.165) is 13.8 Å². The lowest BCUT2D eigenvalue weighted by Crippen LogP contribution is -2.50. The first-order chi connectivity index (χ1) is 4.45. The summed E-state index contributed by atoms with van der Waals surface area (Å²) in [5, 5.41) is 9.15. The lowest BCUT2D eigenvalue weighted by atomic mass is 9.95. The highest BCUT2D eigenvalue weighted by Gasteiger charge is 2.35. The number of ketones is 2. The third-order valence-corrected chi connectivity index (χ3v) is 1.46. The maximum atomic E-state index is 10.6. The Morgan fingerprint density at radius 2 is 1.70 bits per heavy atom. The van der Waals surface area contributed by atoms with Gasteiger partial charge >= 0.3 is 0 Å². The monoisotopic (exact) mass is 145 g/mol. The van der Waals surface area contributed by atoms with Crippen molar-refractivity contribution in [1.82, 2.24) is 0 Å². The van der Waals surface area contributed by atoms with Crippen LogP contribution in [0.1, 0.15) is 13.8 Å². The topological polar surface area (TPSA) is 80.4 Å². The van der Waals surface area contributed by atoms with Gasteiger partial charge in [0.2, 0.25) is 0 Å². The molecule has 0 saturated carbocycles. The Balaban J connectivity index is 4.55. The molecular formula is C6H11NO3. The number of carbonyl (C=O) groups excluding carboxylic acids is 2. The van der Waals surface area contributed by atoms with Crippen LogP contribution >= 0.6 is 0 Å². The Labute approximate surface area is 59.0 Å². The van der Waals surface area contributed by atoms with Crippen molar-refractivity contribution in [3.05, 3.63) is 0 Å².